The molecule has 0 amide bonds. The number of benzene rings is 3. The average Bonchev–Trinajstić information content (AvgIpc) is 2.64. The Morgan fingerprint density at radius 1 is 1.00 bits per heavy atom. The highest BCUT2D eigenvalue weighted by molar-refractivity contribution is 5.87. The molecule has 0 saturated carbocycles. The molecule has 0 unspecified atom stereocenters. The van der Waals surface area contributed by atoms with Crippen LogP contribution in [0.1, 0.15) is 18.4 Å². The third-order valence-corrected chi connectivity index (χ3v) is 4.40. The fourth-order valence-electron chi connectivity index (χ4n) is 3.20. The highest BCUT2D eigenvalue weighted by atomic mass is 16.5. The zero-order valence-corrected chi connectivity index (χ0v) is 14.7. The number of carbonyl (C=O) groups is 1. The number of hydrogen-bond acceptors (Lipinski definition) is 3. The molecule has 0 spiro atoms. The van der Waals surface area contributed by atoms with Crippen molar-refractivity contribution in [2.45, 2.75) is 12.8 Å². The fraction of sp³-hybridized carbons (Fsp3) is 0.227. The molecule has 3 nitrogen and oxygen atoms in total. The fourth-order valence-corrected chi connectivity index (χ4v) is 3.20. The van der Waals surface area contributed by atoms with Gasteiger partial charge in [0.15, 0.2) is 0 Å². The van der Waals surface area contributed by atoms with Gasteiger partial charge in [-0.15, -0.1) is 0 Å². The van der Waals surface area contributed by atoms with Crippen LogP contribution in [0, 0.1) is 0 Å². The average molecular weight is 333 g/mol. The van der Waals surface area contributed by atoms with Gasteiger partial charge in [-0.05, 0) is 40.6 Å². The number of hydrogen-bond donors (Lipinski definition) is 1. The van der Waals surface area contributed by atoms with Crippen molar-refractivity contribution in [3.63, 3.8) is 0 Å². The van der Waals surface area contributed by atoms with Crippen molar-refractivity contribution in [2.75, 3.05) is 20.2 Å². The highest BCUT2D eigenvalue weighted by Crippen LogP contribution is 2.31. The van der Waals surface area contributed by atoms with Gasteiger partial charge in [-0.3, -0.25) is 4.79 Å². The lowest BCUT2D eigenvalue weighted by Gasteiger charge is -2.20. The summed E-state index contributed by atoms with van der Waals surface area (Å²) in [5, 5.41) is 5.66. The summed E-state index contributed by atoms with van der Waals surface area (Å²) in [7, 11) is 1.92. The number of ether oxygens (including phenoxy) is 1. The maximum Gasteiger partial charge on any atom is 0.302 e. The molecule has 25 heavy (non-hydrogen) atoms. The van der Waals surface area contributed by atoms with Gasteiger partial charge in [-0.2, -0.15) is 0 Å². The molecule has 1 atom stereocenters. The number of esters is 1. The number of nitrogens with one attached hydrogen (secondary N) is 1. The van der Waals surface area contributed by atoms with E-state index in [4.69, 9.17) is 4.74 Å². The first-order chi connectivity index (χ1) is 12.2. The summed E-state index contributed by atoms with van der Waals surface area (Å²) >= 11 is 0. The summed E-state index contributed by atoms with van der Waals surface area (Å²) < 4.78 is 5.29. The van der Waals surface area contributed by atoms with Crippen LogP contribution in [0.25, 0.3) is 21.9 Å². The van der Waals surface area contributed by atoms with Gasteiger partial charge in [0.2, 0.25) is 0 Å². The largest absolute Gasteiger partial charge is 0.465 e. The lowest BCUT2D eigenvalue weighted by atomic mass is 9.90. The Morgan fingerprint density at radius 3 is 2.48 bits per heavy atom. The molecule has 3 heteroatoms. The first-order valence-electron chi connectivity index (χ1n) is 8.55. The Kier molecular flexibility index (Phi) is 5.46. The van der Waals surface area contributed by atoms with E-state index in [1.54, 1.807) is 0 Å². The Bertz CT molecular complexity index is 873. The molecule has 3 rings (SSSR count). The molecule has 0 aliphatic carbocycles. The first kappa shape index (κ1) is 17.2. The topological polar surface area (TPSA) is 38.3 Å². The summed E-state index contributed by atoms with van der Waals surface area (Å²) in [6, 6.07) is 23.2. The number of fused-ring (bicyclic) bond motifs is 1. The molecule has 0 radical (unpaired) electrons. The second-order valence-electron chi connectivity index (χ2n) is 6.21. The summed E-state index contributed by atoms with van der Waals surface area (Å²) in [5.74, 6) is -0.138. The van der Waals surface area contributed by atoms with Crippen molar-refractivity contribution in [1.29, 1.82) is 0 Å². The van der Waals surface area contributed by atoms with Crippen LogP contribution in [0.3, 0.4) is 0 Å². The van der Waals surface area contributed by atoms with Crippen molar-refractivity contribution < 1.29 is 9.53 Å². The van der Waals surface area contributed by atoms with Gasteiger partial charge in [0.05, 0.1) is 6.61 Å². The highest BCUT2D eigenvalue weighted by Gasteiger charge is 2.17. The van der Waals surface area contributed by atoms with Gasteiger partial charge in [-0.1, -0.05) is 60.7 Å². The Hall–Kier alpha value is -2.65. The zero-order chi connectivity index (χ0) is 17.6. The minimum atomic E-state index is -0.246. The van der Waals surface area contributed by atoms with Gasteiger partial charge in [0.1, 0.15) is 0 Å². The molecule has 1 N–H and O–H groups in total. The van der Waals surface area contributed by atoms with Crippen molar-refractivity contribution in [3.8, 4) is 11.1 Å². The molecule has 0 aromatic heterocycles. The maximum atomic E-state index is 11.2. The van der Waals surface area contributed by atoms with Crippen LogP contribution < -0.4 is 5.32 Å². The summed E-state index contributed by atoms with van der Waals surface area (Å²) in [5.41, 5.74) is 3.55. The molecule has 0 heterocycles. The second-order valence-corrected chi connectivity index (χ2v) is 6.21. The molecule has 0 aliphatic rings. The van der Waals surface area contributed by atoms with E-state index in [1.807, 2.05) is 13.1 Å². The van der Waals surface area contributed by atoms with Crippen LogP contribution in [0.2, 0.25) is 0 Å². The maximum absolute atomic E-state index is 11.2. The molecule has 128 valence electrons. The van der Waals surface area contributed by atoms with Crippen molar-refractivity contribution in [2.24, 2.45) is 0 Å². The minimum Gasteiger partial charge on any atom is -0.465 e. The molecular weight excluding hydrogens is 310 g/mol. The molecule has 0 bridgehead atoms. The van der Waals surface area contributed by atoms with Crippen molar-refractivity contribution in [1.82, 2.24) is 5.32 Å². The molecule has 0 fully saturated rings. The van der Waals surface area contributed by atoms with E-state index in [0.29, 0.717) is 6.61 Å². The van der Waals surface area contributed by atoms with E-state index in [2.05, 4.69) is 66.0 Å². The summed E-state index contributed by atoms with van der Waals surface area (Å²) in [6.07, 6.45) is 0. The Labute approximate surface area is 148 Å². The van der Waals surface area contributed by atoms with Gasteiger partial charge < -0.3 is 10.1 Å². The molecular formula is C22H23NO2. The third kappa shape index (κ3) is 4.06. The van der Waals surface area contributed by atoms with Gasteiger partial charge in [-0.25, -0.2) is 0 Å². The van der Waals surface area contributed by atoms with Crippen LogP contribution >= 0.6 is 0 Å². The molecule has 3 aromatic rings. The van der Waals surface area contributed by atoms with E-state index in [-0.39, 0.29) is 11.9 Å². The first-order valence-corrected chi connectivity index (χ1v) is 8.55. The van der Waals surface area contributed by atoms with Gasteiger partial charge in [0.25, 0.3) is 0 Å². The van der Waals surface area contributed by atoms with Crippen molar-refractivity contribution in [3.05, 3.63) is 72.3 Å². The van der Waals surface area contributed by atoms with E-state index in [0.717, 1.165) is 6.54 Å². The van der Waals surface area contributed by atoms with E-state index < -0.39 is 0 Å². The van der Waals surface area contributed by atoms with Crippen LogP contribution in [-0.2, 0) is 9.53 Å². The lowest BCUT2D eigenvalue weighted by molar-refractivity contribution is -0.141. The summed E-state index contributed by atoms with van der Waals surface area (Å²) in [4.78, 5) is 11.2. The van der Waals surface area contributed by atoms with Gasteiger partial charge in [0, 0.05) is 19.4 Å². The third-order valence-electron chi connectivity index (χ3n) is 4.40. The lowest BCUT2D eigenvalue weighted by Crippen LogP contribution is -2.23. The normalized spacial score (nSPS) is 12.1. The van der Waals surface area contributed by atoms with E-state index in [1.165, 1.54) is 34.4 Å². The SMILES string of the molecule is CNC[C@@H](COC(C)=O)c1ccccc1-c1ccc2ccccc2c1. The van der Waals surface area contributed by atoms with Crippen LogP contribution in [0.5, 0.6) is 0 Å². The van der Waals surface area contributed by atoms with Crippen LogP contribution in [0.4, 0.5) is 0 Å². The van der Waals surface area contributed by atoms with Crippen LogP contribution in [-0.4, -0.2) is 26.2 Å². The minimum absolute atomic E-state index is 0.108. The molecule has 0 saturated heterocycles. The van der Waals surface area contributed by atoms with E-state index >= 15 is 0 Å². The quantitative estimate of drug-likeness (QED) is 0.681. The number of likely N-dealkylation sites (N-methyl/N-ethyl adjacent to an activating group) is 1. The monoisotopic (exact) mass is 333 g/mol. The van der Waals surface area contributed by atoms with E-state index in [9.17, 15) is 4.79 Å². The number of rotatable bonds is 6. The standard InChI is InChI=1S/C22H23NO2/c1-16(24)25-15-20(14-23-2)22-10-6-5-9-21(22)19-12-11-17-7-3-4-8-18(17)13-19/h3-13,20,23H,14-15H2,1-2H3/t20-/m0/s1. The smallest absolute Gasteiger partial charge is 0.302 e. The Morgan fingerprint density at radius 2 is 1.72 bits per heavy atom. The predicted molar refractivity (Wildman–Crippen MR) is 103 cm³/mol. The number of carbonyl (C=O) groups excluding carboxylic acids is 1. The second kappa shape index (κ2) is 7.95. The molecule has 0 aliphatic heterocycles. The predicted octanol–water partition coefficient (Wildman–Crippen LogP) is 4.37. The van der Waals surface area contributed by atoms with Crippen molar-refractivity contribution >= 4 is 16.7 Å². The summed E-state index contributed by atoms with van der Waals surface area (Å²) in [6.45, 7) is 2.57. The zero-order valence-electron chi connectivity index (χ0n) is 14.7. The Balaban J connectivity index is 2.01. The van der Waals surface area contributed by atoms with Crippen LogP contribution in [0.15, 0.2) is 66.7 Å². The van der Waals surface area contributed by atoms with Gasteiger partial charge >= 0.3 is 5.97 Å². The molecule has 3 aromatic carbocycles.